The van der Waals surface area contributed by atoms with E-state index in [-0.39, 0.29) is 18.2 Å². The number of benzene rings is 1. The number of hydrogen-bond donors (Lipinski definition) is 2. The molecule has 0 saturated carbocycles. The fourth-order valence-corrected chi connectivity index (χ4v) is 2.33. The highest BCUT2D eigenvalue weighted by Gasteiger charge is 2.33. The fraction of sp³-hybridized carbons (Fsp3) is 0.500. The van der Waals surface area contributed by atoms with Gasteiger partial charge in [0.25, 0.3) is 0 Å². The molecule has 2 unspecified atom stereocenters. The average Bonchev–Trinajstić information content (AvgIpc) is 2.93. The first-order valence-electron chi connectivity index (χ1n) is 7.57. The zero-order valence-electron chi connectivity index (χ0n) is 13.7. The Morgan fingerprint density at radius 2 is 1.96 bits per heavy atom. The summed E-state index contributed by atoms with van der Waals surface area (Å²) < 4.78 is 43.4. The van der Waals surface area contributed by atoms with Crippen molar-refractivity contribution in [3.05, 3.63) is 47.1 Å². The second kappa shape index (κ2) is 6.90. The van der Waals surface area contributed by atoms with Gasteiger partial charge >= 0.3 is 6.18 Å². The molecule has 1 aromatic carbocycles. The van der Waals surface area contributed by atoms with Gasteiger partial charge in [-0.15, -0.1) is 0 Å². The lowest BCUT2D eigenvalue weighted by Gasteiger charge is -2.27. The van der Waals surface area contributed by atoms with Gasteiger partial charge in [-0.05, 0) is 31.0 Å². The van der Waals surface area contributed by atoms with Crippen molar-refractivity contribution in [3.8, 4) is 0 Å². The molecule has 0 aliphatic carbocycles. The van der Waals surface area contributed by atoms with Crippen molar-refractivity contribution >= 4 is 0 Å². The highest BCUT2D eigenvalue weighted by Crippen LogP contribution is 2.32. The van der Waals surface area contributed by atoms with Crippen LogP contribution in [0.15, 0.2) is 28.8 Å². The van der Waals surface area contributed by atoms with E-state index in [4.69, 9.17) is 4.52 Å². The maximum absolute atomic E-state index is 12.8. The van der Waals surface area contributed by atoms with Crippen LogP contribution in [0.5, 0.6) is 0 Å². The molecule has 132 valence electrons. The number of alkyl halides is 3. The Kier molecular flexibility index (Phi) is 5.29. The zero-order valence-corrected chi connectivity index (χ0v) is 13.7. The molecular weight excluding hydrogens is 323 g/mol. The van der Waals surface area contributed by atoms with Gasteiger partial charge < -0.3 is 14.9 Å². The van der Waals surface area contributed by atoms with E-state index < -0.39 is 17.3 Å². The maximum atomic E-state index is 12.8. The first kappa shape index (κ1) is 18.4. The normalized spacial score (nSPS) is 16.0. The van der Waals surface area contributed by atoms with Gasteiger partial charge in [0.2, 0.25) is 5.89 Å². The predicted molar refractivity (Wildman–Crippen MR) is 81.1 cm³/mol. The quantitative estimate of drug-likeness (QED) is 0.842. The van der Waals surface area contributed by atoms with Crippen molar-refractivity contribution in [1.82, 2.24) is 15.5 Å². The Hall–Kier alpha value is -1.93. The van der Waals surface area contributed by atoms with Gasteiger partial charge in [-0.25, -0.2) is 0 Å². The van der Waals surface area contributed by atoms with E-state index in [0.29, 0.717) is 18.1 Å². The second-order valence-electron chi connectivity index (χ2n) is 5.87. The van der Waals surface area contributed by atoms with Crippen LogP contribution in [-0.4, -0.2) is 21.8 Å². The Labute approximate surface area is 137 Å². The molecule has 0 amide bonds. The molecular formula is C16H20F3N3O2. The SMILES string of the molecule is CCC(NCC(C)(O)c1cccc(C(F)(F)F)c1)c1noc(C)n1. The summed E-state index contributed by atoms with van der Waals surface area (Å²) in [5.74, 6) is 0.879. The van der Waals surface area contributed by atoms with Gasteiger partial charge in [0.1, 0.15) is 0 Å². The highest BCUT2D eigenvalue weighted by atomic mass is 19.4. The summed E-state index contributed by atoms with van der Waals surface area (Å²) >= 11 is 0. The lowest BCUT2D eigenvalue weighted by atomic mass is 9.93. The molecule has 0 radical (unpaired) electrons. The molecule has 8 heteroatoms. The first-order chi connectivity index (χ1) is 11.1. The van der Waals surface area contributed by atoms with E-state index in [9.17, 15) is 18.3 Å². The van der Waals surface area contributed by atoms with Crippen molar-refractivity contribution in [2.45, 2.75) is 45.0 Å². The summed E-state index contributed by atoms with van der Waals surface area (Å²) in [4.78, 5) is 4.13. The van der Waals surface area contributed by atoms with Crippen LogP contribution in [0.25, 0.3) is 0 Å². The molecule has 24 heavy (non-hydrogen) atoms. The average molecular weight is 343 g/mol. The standard InChI is InChI=1S/C16H20F3N3O2/c1-4-13(14-21-10(2)24-22-14)20-9-15(3,23)11-6-5-7-12(8-11)16(17,18)19/h5-8,13,20,23H,4,9H2,1-3H3. The molecule has 0 aliphatic heterocycles. The minimum absolute atomic E-state index is 0.0421. The Morgan fingerprint density at radius 3 is 2.50 bits per heavy atom. The third-order valence-corrected chi connectivity index (χ3v) is 3.77. The number of rotatable bonds is 6. The third kappa shape index (κ3) is 4.33. The number of aryl methyl sites for hydroxylation is 1. The molecule has 5 nitrogen and oxygen atoms in total. The summed E-state index contributed by atoms with van der Waals surface area (Å²) in [7, 11) is 0. The summed E-state index contributed by atoms with van der Waals surface area (Å²) in [6.45, 7) is 5.08. The maximum Gasteiger partial charge on any atom is 0.416 e. The molecule has 1 aromatic heterocycles. The van der Waals surface area contributed by atoms with E-state index >= 15 is 0 Å². The Morgan fingerprint density at radius 1 is 1.29 bits per heavy atom. The molecule has 2 rings (SSSR count). The molecule has 2 atom stereocenters. The molecule has 1 heterocycles. The number of halogens is 3. The first-order valence-corrected chi connectivity index (χ1v) is 7.57. The zero-order chi connectivity index (χ0) is 18.0. The smallest absolute Gasteiger partial charge is 0.384 e. The Balaban J connectivity index is 2.13. The number of aliphatic hydroxyl groups is 1. The van der Waals surface area contributed by atoms with Crippen molar-refractivity contribution in [1.29, 1.82) is 0 Å². The molecule has 2 aromatic rings. The lowest BCUT2D eigenvalue weighted by molar-refractivity contribution is -0.137. The number of nitrogens with one attached hydrogen (secondary N) is 1. The van der Waals surface area contributed by atoms with E-state index in [1.54, 1.807) is 6.92 Å². The van der Waals surface area contributed by atoms with Crippen LogP contribution >= 0.6 is 0 Å². The highest BCUT2D eigenvalue weighted by molar-refractivity contribution is 5.29. The molecule has 0 saturated heterocycles. The van der Waals surface area contributed by atoms with Crippen LogP contribution in [-0.2, 0) is 11.8 Å². The minimum Gasteiger partial charge on any atom is -0.384 e. The Bertz CT molecular complexity index is 683. The summed E-state index contributed by atoms with van der Waals surface area (Å²) in [5, 5.41) is 17.5. The van der Waals surface area contributed by atoms with Crippen LogP contribution in [0.3, 0.4) is 0 Å². The van der Waals surface area contributed by atoms with Crippen molar-refractivity contribution in [2.24, 2.45) is 0 Å². The van der Waals surface area contributed by atoms with Gasteiger partial charge in [-0.1, -0.05) is 24.2 Å². The number of aromatic nitrogens is 2. The topological polar surface area (TPSA) is 71.2 Å². The summed E-state index contributed by atoms with van der Waals surface area (Å²) in [6, 6.07) is 4.42. The van der Waals surface area contributed by atoms with E-state index in [1.165, 1.54) is 19.1 Å². The number of nitrogens with zero attached hydrogens (tertiary/aromatic N) is 2. The van der Waals surface area contributed by atoms with Crippen molar-refractivity contribution in [3.63, 3.8) is 0 Å². The number of hydrogen-bond acceptors (Lipinski definition) is 5. The van der Waals surface area contributed by atoms with Crippen molar-refractivity contribution < 1.29 is 22.8 Å². The minimum atomic E-state index is -4.45. The van der Waals surface area contributed by atoms with Crippen LogP contribution in [0.2, 0.25) is 0 Å². The van der Waals surface area contributed by atoms with Gasteiger partial charge in [-0.3, -0.25) is 0 Å². The summed E-state index contributed by atoms with van der Waals surface area (Å²) in [5.41, 5.74) is -2.09. The van der Waals surface area contributed by atoms with Crippen LogP contribution in [0.4, 0.5) is 13.2 Å². The molecule has 0 bridgehead atoms. The lowest BCUT2D eigenvalue weighted by Crippen LogP contribution is -2.37. The largest absolute Gasteiger partial charge is 0.416 e. The van der Waals surface area contributed by atoms with Crippen LogP contribution in [0, 0.1) is 6.92 Å². The molecule has 0 spiro atoms. The van der Waals surface area contributed by atoms with E-state index in [0.717, 1.165) is 12.1 Å². The molecule has 0 fully saturated rings. The van der Waals surface area contributed by atoms with Crippen LogP contribution in [0.1, 0.15) is 49.2 Å². The molecule has 0 aliphatic rings. The molecule has 2 N–H and O–H groups in total. The fourth-order valence-electron chi connectivity index (χ4n) is 2.33. The van der Waals surface area contributed by atoms with Crippen molar-refractivity contribution in [2.75, 3.05) is 6.54 Å². The van der Waals surface area contributed by atoms with Crippen LogP contribution < -0.4 is 5.32 Å². The third-order valence-electron chi connectivity index (χ3n) is 3.77. The second-order valence-corrected chi connectivity index (χ2v) is 5.87. The summed E-state index contributed by atoms with van der Waals surface area (Å²) in [6.07, 6.45) is -3.81. The predicted octanol–water partition coefficient (Wildman–Crippen LogP) is 3.35. The van der Waals surface area contributed by atoms with Gasteiger partial charge in [0, 0.05) is 13.5 Å². The van der Waals surface area contributed by atoms with Gasteiger partial charge in [-0.2, -0.15) is 18.2 Å². The van der Waals surface area contributed by atoms with Gasteiger partial charge in [0.05, 0.1) is 17.2 Å². The van der Waals surface area contributed by atoms with E-state index in [2.05, 4.69) is 15.5 Å². The monoisotopic (exact) mass is 343 g/mol. The van der Waals surface area contributed by atoms with Gasteiger partial charge in [0.15, 0.2) is 5.82 Å². The van der Waals surface area contributed by atoms with E-state index in [1.807, 2.05) is 6.92 Å².